The lowest BCUT2D eigenvalue weighted by atomic mass is 10.2. The van der Waals surface area contributed by atoms with Gasteiger partial charge < -0.3 is 19.1 Å². The summed E-state index contributed by atoms with van der Waals surface area (Å²) < 4.78 is 44.6. The molecule has 1 aliphatic rings. The molecule has 4 rings (SSSR count). The van der Waals surface area contributed by atoms with Gasteiger partial charge in [0.15, 0.2) is 5.58 Å². The molecule has 1 saturated heterocycles. The minimum Gasteiger partial charge on any atom is -0.493 e. The van der Waals surface area contributed by atoms with Gasteiger partial charge in [-0.05, 0) is 42.8 Å². The highest BCUT2D eigenvalue weighted by molar-refractivity contribution is 7.90. The standard InChI is InChI=1S/C21H26N4O6S/c1-2-29-21-19-4-3-18(15-20(19)31-23-21)30-14-8-17(26)7-11-24-12-13-25(32(24,27)28)16-5-9-22-10-6-16/h3-6,9-10,15,17,26H,2,7-8,11-14H2,1H3. The van der Waals surface area contributed by atoms with Gasteiger partial charge in [0, 0.05) is 44.5 Å². The second kappa shape index (κ2) is 9.72. The first-order valence-corrected chi connectivity index (χ1v) is 11.9. The maximum Gasteiger partial charge on any atom is 0.304 e. The van der Waals surface area contributed by atoms with Crippen molar-refractivity contribution in [1.82, 2.24) is 14.4 Å². The first-order chi connectivity index (χ1) is 15.5. The molecule has 0 radical (unpaired) electrons. The number of hydrogen-bond donors (Lipinski definition) is 1. The van der Waals surface area contributed by atoms with Crippen LogP contribution in [-0.4, -0.2) is 66.9 Å². The van der Waals surface area contributed by atoms with Crippen LogP contribution in [0.1, 0.15) is 19.8 Å². The lowest BCUT2D eigenvalue weighted by Gasteiger charge is -2.21. The average molecular weight is 463 g/mol. The molecule has 0 aliphatic carbocycles. The van der Waals surface area contributed by atoms with Crippen molar-refractivity contribution in [2.24, 2.45) is 0 Å². The molecular formula is C21H26N4O6S. The fourth-order valence-corrected chi connectivity index (χ4v) is 5.18. The number of pyridine rings is 1. The lowest BCUT2D eigenvalue weighted by Crippen LogP contribution is -2.34. The molecule has 11 heteroatoms. The number of rotatable bonds is 10. The summed E-state index contributed by atoms with van der Waals surface area (Å²) in [5.41, 5.74) is 1.15. The van der Waals surface area contributed by atoms with Crippen molar-refractivity contribution < 1.29 is 27.5 Å². The summed E-state index contributed by atoms with van der Waals surface area (Å²) in [5.74, 6) is 1.04. The summed E-state index contributed by atoms with van der Waals surface area (Å²) in [5, 5.41) is 15.0. The quantitative estimate of drug-likeness (QED) is 0.487. The minimum atomic E-state index is -3.59. The lowest BCUT2D eigenvalue weighted by molar-refractivity contribution is 0.125. The fourth-order valence-electron chi connectivity index (χ4n) is 3.55. The van der Waals surface area contributed by atoms with Crippen LogP contribution in [0.3, 0.4) is 0 Å². The van der Waals surface area contributed by atoms with Gasteiger partial charge in [-0.25, -0.2) is 0 Å². The third-order valence-electron chi connectivity index (χ3n) is 5.23. The van der Waals surface area contributed by atoms with E-state index in [4.69, 9.17) is 14.0 Å². The highest BCUT2D eigenvalue weighted by Crippen LogP contribution is 2.28. The van der Waals surface area contributed by atoms with Gasteiger partial charge in [0.05, 0.1) is 30.4 Å². The van der Waals surface area contributed by atoms with E-state index < -0.39 is 16.3 Å². The van der Waals surface area contributed by atoms with Gasteiger partial charge in [0.25, 0.3) is 5.88 Å². The number of benzene rings is 1. The summed E-state index contributed by atoms with van der Waals surface area (Å²) in [6, 6.07) is 8.66. The van der Waals surface area contributed by atoms with Crippen LogP contribution in [0.25, 0.3) is 11.0 Å². The van der Waals surface area contributed by atoms with Crippen molar-refractivity contribution in [2.45, 2.75) is 25.9 Å². The van der Waals surface area contributed by atoms with Gasteiger partial charge in [0.1, 0.15) is 5.75 Å². The van der Waals surface area contributed by atoms with E-state index in [-0.39, 0.29) is 13.2 Å². The van der Waals surface area contributed by atoms with Gasteiger partial charge in [-0.3, -0.25) is 9.29 Å². The van der Waals surface area contributed by atoms with Crippen LogP contribution in [0.2, 0.25) is 0 Å². The van der Waals surface area contributed by atoms with Crippen molar-refractivity contribution in [3.63, 3.8) is 0 Å². The Labute approximate surface area is 186 Å². The summed E-state index contributed by atoms with van der Waals surface area (Å²) in [4.78, 5) is 3.92. The zero-order valence-electron chi connectivity index (χ0n) is 17.8. The number of hydrogen-bond acceptors (Lipinski definition) is 8. The maximum absolute atomic E-state index is 12.8. The SMILES string of the molecule is CCOc1noc2cc(OCCC(O)CCN3CCN(c4ccncc4)S3(=O)=O)ccc12. The molecule has 1 N–H and O–H groups in total. The van der Waals surface area contributed by atoms with Crippen molar-refractivity contribution in [1.29, 1.82) is 0 Å². The van der Waals surface area contributed by atoms with Gasteiger partial charge in [-0.1, -0.05) is 0 Å². The van der Waals surface area contributed by atoms with Crippen molar-refractivity contribution in [3.05, 3.63) is 42.7 Å². The molecule has 32 heavy (non-hydrogen) atoms. The summed E-state index contributed by atoms with van der Waals surface area (Å²) in [6.07, 6.45) is 3.15. The molecule has 1 aromatic carbocycles. The third kappa shape index (κ3) is 4.79. The van der Waals surface area contributed by atoms with Crippen molar-refractivity contribution in [3.8, 4) is 11.6 Å². The molecule has 0 saturated carbocycles. The Morgan fingerprint density at radius 1 is 1.16 bits per heavy atom. The van der Waals surface area contributed by atoms with Crippen LogP contribution in [-0.2, 0) is 10.2 Å². The highest BCUT2D eigenvalue weighted by atomic mass is 32.2. The molecule has 1 aliphatic heterocycles. The number of ether oxygens (including phenoxy) is 2. The zero-order valence-corrected chi connectivity index (χ0v) is 18.6. The second-order valence-electron chi connectivity index (χ2n) is 7.34. The first kappa shape index (κ1) is 22.3. The highest BCUT2D eigenvalue weighted by Gasteiger charge is 2.36. The molecule has 0 amide bonds. The van der Waals surface area contributed by atoms with Crippen LogP contribution in [0.5, 0.6) is 11.6 Å². The van der Waals surface area contributed by atoms with Gasteiger partial charge in [-0.2, -0.15) is 12.7 Å². The fraction of sp³-hybridized carbons (Fsp3) is 0.429. The molecule has 0 spiro atoms. The van der Waals surface area contributed by atoms with E-state index in [9.17, 15) is 13.5 Å². The number of anilines is 1. The molecule has 0 bridgehead atoms. The van der Waals surface area contributed by atoms with E-state index in [0.29, 0.717) is 55.4 Å². The average Bonchev–Trinajstić information content (AvgIpc) is 3.32. The zero-order chi connectivity index (χ0) is 22.6. The Hall–Kier alpha value is -2.89. The predicted molar refractivity (Wildman–Crippen MR) is 118 cm³/mol. The Morgan fingerprint density at radius 2 is 1.97 bits per heavy atom. The Kier molecular flexibility index (Phi) is 6.77. The largest absolute Gasteiger partial charge is 0.493 e. The number of aromatic nitrogens is 2. The molecule has 1 unspecified atom stereocenters. The molecule has 2 aromatic heterocycles. The molecule has 1 fully saturated rings. The number of aliphatic hydroxyl groups excluding tert-OH is 1. The van der Waals surface area contributed by atoms with E-state index in [1.54, 1.807) is 36.7 Å². The van der Waals surface area contributed by atoms with E-state index in [1.165, 1.54) is 8.61 Å². The summed E-state index contributed by atoms with van der Waals surface area (Å²) in [7, 11) is -3.59. The molecule has 3 aromatic rings. The maximum atomic E-state index is 12.8. The van der Waals surface area contributed by atoms with E-state index in [2.05, 4.69) is 10.1 Å². The van der Waals surface area contributed by atoms with Gasteiger partial charge >= 0.3 is 10.2 Å². The molecule has 1 atom stereocenters. The Balaban J connectivity index is 1.24. The molecule has 3 heterocycles. The van der Waals surface area contributed by atoms with Crippen LogP contribution in [0, 0.1) is 0 Å². The summed E-state index contributed by atoms with van der Waals surface area (Å²) >= 11 is 0. The molecule has 10 nitrogen and oxygen atoms in total. The van der Waals surface area contributed by atoms with Gasteiger partial charge in [-0.15, -0.1) is 0 Å². The normalized spacial score (nSPS) is 17.0. The Bertz CT molecular complexity index is 1140. The predicted octanol–water partition coefficient (Wildman–Crippen LogP) is 2.21. The number of fused-ring (bicyclic) bond motifs is 1. The van der Waals surface area contributed by atoms with Crippen LogP contribution in [0.15, 0.2) is 47.2 Å². The van der Waals surface area contributed by atoms with Crippen molar-refractivity contribution >= 4 is 26.9 Å². The molecular weight excluding hydrogens is 436 g/mol. The Morgan fingerprint density at radius 3 is 2.75 bits per heavy atom. The summed E-state index contributed by atoms with van der Waals surface area (Å²) in [6.45, 7) is 3.66. The third-order valence-corrected chi connectivity index (χ3v) is 7.20. The van der Waals surface area contributed by atoms with Crippen molar-refractivity contribution in [2.75, 3.05) is 37.2 Å². The van der Waals surface area contributed by atoms with E-state index in [1.807, 2.05) is 13.0 Å². The monoisotopic (exact) mass is 462 g/mol. The number of aliphatic hydroxyl groups is 1. The van der Waals surface area contributed by atoms with Crippen LogP contribution >= 0.6 is 0 Å². The molecule has 172 valence electrons. The smallest absolute Gasteiger partial charge is 0.304 e. The number of nitrogens with zero attached hydrogens (tertiary/aromatic N) is 4. The van der Waals surface area contributed by atoms with E-state index >= 15 is 0 Å². The second-order valence-corrected chi connectivity index (χ2v) is 9.20. The van der Waals surface area contributed by atoms with Gasteiger partial charge in [0.2, 0.25) is 0 Å². The van der Waals surface area contributed by atoms with E-state index in [0.717, 1.165) is 5.39 Å². The topological polar surface area (TPSA) is 118 Å². The van der Waals surface area contributed by atoms with Crippen LogP contribution < -0.4 is 13.8 Å². The minimum absolute atomic E-state index is 0.245. The first-order valence-electron chi connectivity index (χ1n) is 10.5. The van der Waals surface area contributed by atoms with Crippen LogP contribution in [0.4, 0.5) is 5.69 Å².